The zero-order valence-corrected chi connectivity index (χ0v) is 13.3. The van der Waals surface area contributed by atoms with Crippen LogP contribution in [0.1, 0.15) is 18.7 Å². The van der Waals surface area contributed by atoms with Crippen molar-refractivity contribution < 1.29 is 0 Å². The molecule has 3 heterocycles. The summed E-state index contributed by atoms with van der Waals surface area (Å²) >= 11 is 0. The number of fused-ring (bicyclic) bond motifs is 1. The Kier molecular flexibility index (Phi) is 3.31. The van der Waals surface area contributed by atoms with Crippen molar-refractivity contribution in [1.82, 2.24) is 20.2 Å². The topological polar surface area (TPSA) is 120 Å². The van der Waals surface area contributed by atoms with Crippen LogP contribution in [0, 0.1) is 5.41 Å². The Labute approximate surface area is 139 Å². The van der Waals surface area contributed by atoms with E-state index in [1.165, 1.54) is 0 Å². The van der Waals surface area contributed by atoms with Gasteiger partial charge in [-0.2, -0.15) is 0 Å². The zero-order valence-electron chi connectivity index (χ0n) is 13.3. The number of H-pyrrole nitrogens is 1. The molecule has 0 amide bonds. The van der Waals surface area contributed by atoms with Crippen LogP contribution in [-0.4, -0.2) is 33.8 Å². The van der Waals surface area contributed by atoms with Crippen LogP contribution in [0.2, 0.25) is 0 Å². The lowest BCUT2D eigenvalue weighted by Gasteiger charge is -2.39. The minimum Gasteiger partial charge on any atom is -0.385 e. The maximum atomic E-state index is 7.85. The van der Waals surface area contributed by atoms with Crippen molar-refractivity contribution in [3.05, 3.63) is 53.8 Å². The lowest BCUT2D eigenvalue weighted by molar-refractivity contribution is 0.189. The van der Waals surface area contributed by atoms with Gasteiger partial charge in [-0.15, -0.1) is 0 Å². The highest BCUT2D eigenvalue weighted by atomic mass is 15.2. The van der Waals surface area contributed by atoms with Gasteiger partial charge in [0.25, 0.3) is 0 Å². The Morgan fingerprint density at radius 3 is 2.67 bits per heavy atom. The SMILES string of the molecule is N=C1NC=C/C1=C(/N)N1CCC(N)(c2nc3ccccc3[nH]2)CC1. The molecule has 0 aliphatic carbocycles. The number of benzene rings is 1. The highest BCUT2D eigenvalue weighted by Crippen LogP contribution is 2.31. The first-order chi connectivity index (χ1) is 11.6. The summed E-state index contributed by atoms with van der Waals surface area (Å²) in [7, 11) is 0. The van der Waals surface area contributed by atoms with Crippen molar-refractivity contribution in [1.29, 1.82) is 5.41 Å². The molecule has 2 aliphatic rings. The molecule has 24 heavy (non-hydrogen) atoms. The van der Waals surface area contributed by atoms with Crippen LogP contribution in [0.5, 0.6) is 0 Å². The maximum absolute atomic E-state index is 7.85. The summed E-state index contributed by atoms with van der Waals surface area (Å²) in [6.45, 7) is 1.48. The molecule has 0 radical (unpaired) electrons. The van der Waals surface area contributed by atoms with Crippen molar-refractivity contribution in [3.8, 4) is 0 Å². The second-order valence-electron chi connectivity index (χ2n) is 6.40. The molecule has 0 spiro atoms. The number of rotatable bonds is 2. The third kappa shape index (κ3) is 2.33. The van der Waals surface area contributed by atoms with E-state index in [1.807, 2.05) is 30.3 Å². The fraction of sp³-hybridized carbons (Fsp3) is 0.294. The Morgan fingerprint density at radius 2 is 2.00 bits per heavy atom. The number of imidazole rings is 1. The van der Waals surface area contributed by atoms with Crippen LogP contribution in [-0.2, 0) is 5.54 Å². The van der Waals surface area contributed by atoms with Crippen molar-refractivity contribution in [2.75, 3.05) is 13.1 Å². The van der Waals surface area contributed by atoms with E-state index in [0.29, 0.717) is 11.7 Å². The van der Waals surface area contributed by atoms with E-state index in [2.05, 4.69) is 20.2 Å². The van der Waals surface area contributed by atoms with Gasteiger partial charge in [-0.05, 0) is 31.1 Å². The first kappa shape index (κ1) is 14.8. The van der Waals surface area contributed by atoms with Gasteiger partial charge in [0.15, 0.2) is 0 Å². The summed E-state index contributed by atoms with van der Waals surface area (Å²) in [5.41, 5.74) is 15.1. The van der Waals surface area contributed by atoms with Crippen molar-refractivity contribution in [3.63, 3.8) is 0 Å². The van der Waals surface area contributed by atoms with E-state index in [-0.39, 0.29) is 0 Å². The van der Waals surface area contributed by atoms with E-state index in [0.717, 1.165) is 48.4 Å². The first-order valence-electron chi connectivity index (χ1n) is 8.08. The fourth-order valence-electron chi connectivity index (χ4n) is 3.33. The number of piperidine rings is 1. The molecule has 7 nitrogen and oxygen atoms in total. The summed E-state index contributed by atoms with van der Waals surface area (Å²) in [5.74, 6) is 1.81. The molecule has 0 unspecified atom stereocenters. The molecule has 7 heteroatoms. The second-order valence-corrected chi connectivity index (χ2v) is 6.40. The number of para-hydroxylation sites is 2. The van der Waals surface area contributed by atoms with Crippen LogP contribution in [0.3, 0.4) is 0 Å². The first-order valence-corrected chi connectivity index (χ1v) is 8.08. The highest BCUT2D eigenvalue weighted by Gasteiger charge is 2.36. The van der Waals surface area contributed by atoms with Crippen molar-refractivity contribution in [2.45, 2.75) is 18.4 Å². The lowest BCUT2D eigenvalue weighted by Crippen LogP contribution is -2.49. The Bertz CT molecular complexity index is 820. The van der Waals surface area contributed by atoms with Crippen molar-refractivity contribution >= 4 is 16.9 Å². The smallest absolute Gasteiger partial charge is 0.133 e. The number of aromatic amines is 1. The van der Waals surface area contributed by atoms with Gasteiger partial charge in [0.05, 0.1) is 22.1 Å². The largest absolute Gasteiger partial charge is 0.385 e. The van der Waals surface area contributed by atoms with Crippen LogP contribution < -0.4 is 16.8 Å². The van der Waals surface area contributed by atoms with Gasteiger partial charge in [-0.1, -0.05) is 12.1 Å². The normalized spacial score (nSPS) is 22.0. The van der Waals surface area contributed by atoms with Crippen LogP contribution in [0.4, 0.5) is 0 Å². The number of likely N-dealkylation sites (tertiary alicyclic amines) is 1. The van der Waals surface area contributed by atoms with Gasteiger partial charge in [0.1, 0.15) is 17.5 Å². The molecular formula is C17H21N7. The number of hydrogen-bond donors (Lipinski definition) is 5. The zero-order chi connectivity index (χ0) is 16.7. The average Bonchev–Trinajstić information content (AvgIpc) is 3.21. The molecule has 124 valence electrons. The molecule has 0 atom stereocenters. The van der Waals surface area contributed by atoms with Gasteiger partial charge in [0, 0.05) is 19.3 Å². The Hall–Kier alpha value is -2.80. The monoisotopic (exact) mass is 323 g/mol. The Morgan fingerprint density at radius 1 is 1.25 bits per heavy atom. The van der Waals surface area contributed by atoms with Gasteiger partial charge < -0.3 is 26.7 Å². The predicted molar refractivity (Wildman–Crippen MR) is 94.0 cm³/mol. The van der Waals surface area contributed by atoms with Gasteiger partial charge in [-0.3, -0.25) is 5.41 Å². The highest BCUT2D eigenvalue weighted by molar-refractivity contribution is 6.02. The quantitative estimate of drug-likeness (QED) is 0.566. The van der Waals surface area contributed by atoms with Crippen molar-refractivity contribution in [2.24, 2.45) is 11.5 Å². The summed E-state index contributed by atoms with van der Waals surface area (Å²) in [5, 5.41) is 10.7. The molecule has 1 aromatic heterocycles. The summed E-state index contributed by atoms with van der Waals surface area (Å²) in [4.78, 5) is 10.1. The minimum atomic E-state index is -0.474. The third-order valence-corrected chi connectivity index (χ3v) is 4.88. The van der Waals surface area contributed by atoms with E-state index in [9.17, 15) is 0 Å². The maximum Gasteiger partial charge on any atom is 0.133 e. The molecule has 4 rings (SSSR count). The standard InChI is InChI=1S/C17H21N7/c18-14-11(5-8-21-14)15(19)24-9-6-17(20,7-10-24)16-22-12-3-1-2-4-13(12)23-16/h1-5,8H,6-7,9-10,19-20H2,(H2,18,21)(H,22,23)/b15-11+. The molecular weight excluding hydrogens is 302 g/mol. The van der Waals surface area contributed by atoms with E-state index in [1.54, 1.807) is 6.20 Å². The number of nitrogens with two attached hydrogens (primary N) is 2. The molecule has 2 aliphatic heterocycles. The van der Waals surface area contributed by atoms with Gasteiger partial charge >= 0.3 is 0 Å². The fourth-order valence-corrected chi connectivity index (χ4v) is 3.33. The molecule has 1 fully saturated rings. The van der Waals surface area contributed by atoms with E-state index >= 15 is 0 Å². The minimum absolute atomic E-state index is 0.342. The average molecular weight is 323 g/mol. The molecule has 0 saturated carbocycles. The molecule has 1 aromatic carbocycles. The summed E-state index contributed by atoms with van der Waals surface area (Å²) in [6, 6.07) is 7.96. The van der Waals surface area contributed by atoms with Crippen LogP contribution in [0.15, 0.2) is 47.9 Å². The van der Waals surface area contributed by atoms with Crippen LogP contribution >= 0.6 is 0 Å². The second kappa shape index (κ2) is 5.38. The predicted octanol–water partition coefficient (Wildman–Crippen LogP) is 1.08. The Balaban J connectivity index is 1.54. The third-order valence-electron chi connectivity index (χ3n) is 4.88. The molecule has 2 aromatic rings. The molecule has 0 bridgehead atoms. The number of aromatic nitrogens is 2. The summed E-state index contributed by atoms with van der Waals surface area (Å²) < 4.78 is 0. The molecule has 7 N–H and O–H groups in total. The number of amidine groups is 1. The number of hydrogen-bond acceptors (Lipinski definition) is 5. The number of nitrogens with zero attached hydrogens (tertiary/aromatic N) is 2. The van der Waals surface area contributed by atoms with E-state index < -0.39 is 5.54 Å². The summed E-state index contributed by atoms with van der Waals surface area (Å²) in [6.07, 6.45) is 5.08. The van der Waals surface area contributed by atoms with Gasteiger partial charge in [-0.25, -0.2) is 4.98 Å². The number of nitrogens with one attached hydrogen (secondary N) is 3. The van der Waals surface area contributed by atoms with Crippen LogP contribution in [0.25, 0.3) is 11.0 Å². The molecule has 1 saturated heterocycles. The lowest BCUT2D eigenvalue weighted by atomic mass is 9.87. The van der Waals surface area contributed by atoms with E-state index in [4.69, 9.17) is 16.9 Å². The van der Waals surface area contributed by atoms with Gasteiger partial charge in [0.2, 0.25) is 0 Å².